The van der Waals surface area contributed by atoms with Gasteiger partial charge in [0.05, 0.1) is 18.1 Å². The number of rotatable bonds is 7. The third-order valence-corrected chi connectivity index (χ3v) is 3.27. The first kappa shape index (κ1) is 16.7. The van der Waals surface area contributed by atoms with Crippen LogP contribution in [0.4, 0.5) is 4.79 Å². The molecule has 2 atom stereocenters. The second-order valence-electron chi connectivity index (χ2n) is 5.40. The Morgan fingerprint density at radius 1 is 1.50 bits per heavy atom. The zero-order valence-corrected chi connectivity index (χ0v) is 12.1. The van der Waals surface area contributed by atoms with E-state index in [1.54, 1.807) is 4.90 Å². The number of hydrogen-bond acceptors (Lipinski definition) is 4. The highest BCUT2D eigenvalue weighted by molar-refractivity contribution is 5.74. The average Bonchev–Trinajstić information content (AvgIpc) is 2.84. The van der Waals surface area contributed by atoms with Crippen molar-refractivity contribution >= 4 is 12.0 Å². The Kier molecular flexibility index (Phi) is 6.22. The molecule has 1 saturated heterocycles. The van der Waals surface area contributed by atoms with E-state index in [1.807, 2.05) is 6.92 Å². The molecule has 20 heavy (non-hydrogen) atoms. The average molecular weight is 288 g/mol. The third kappa shape index (κ3) is 5.75. The number of ether oxygens (including phenoxy) is 1. The van der Waals surface area contributed by atoms with Crippen LogP contribution in [0.3, 0.4) is 0 Å². The molecule has 0 aromatic heterocycles. The summed E-state index contributed by atoms with van der Waals surface area (Å²) >= 11 is 0. The molecule has 0 aromatic rings. The second kappa shape index (κ2) is 7.44. The molecule has 1 heterocycles. The Bertz CT molecular complexity index is 340. The molecule has 0 bridgehead atoms. The van der Waals surface area contributed by atoms with Crippen LogP contribution in [0.1, 0.15) is 33.1 Å². The Morgan fingerprint density at radius 2 is 2.20 bits per heavy atom. The predicted octanol–water partition coefficient (Wildman–Crippen LogP) is 0.423. The molecule has 0 radical (unpaired) electrons. The van der Waals surface area contributed by atoms with Gasteiger partial charge in [-0.3, -0.25) is 4.79 Å². The van der Waals surface area contributed by atoms with E-state index in [1.165, 1.54) is 6.92 Å². The highest BCUT2D eigenvalue weighted by Gasteiger charge is 2.27. The first-order chi connectivity index (χ1) is 9.34. The summed E-state index contributed by atoms with van der Waals surface area (Å²) in [5.41, 5.74) is -1.45. The number of nitrogens with zero attached hydrogens (tertiary/aromatic N) is 1. The number of carbonyl (C=O) groups is 2. The van der Waals surface area contributed by atoms with Crippen LogP contribution in [0.25, 0.3) is 0 Å². The van der Waals surface area contributed by atoms with Gasteiger partial charge in [0.25, 0.3) is 0 Å². The molecule has 0 spiro atoms. The zero-order chi connectivity index (χ0) is 15.2. The van der Waals surface area contributed by atoms with Gasteiger partial charge in [-0.1, -0.05) is 0 Å². The topological polar surface area (TPSA) is 99.1 Å². The van der Waals surface area contributed by atoms with Gasteiger partial charge in [-0.25, -0.2) is 4.79 Å². The van der Waals surface area contributed by atoms with Crippen LogP contribution in [0.5, 0.6) is 0 Å². The maximum atomic E-state index is 12.0. The number of amides is 2. The van der Waals surface area contributed by atoms with Crippen molar-refractivity contribution in [1.29, 1.82) is 0 Å². The third-order valence-electron chi connectivity index (χ3n) is 3.27. The Labute approximate surface area is 118 Å². The lowest BCUT2D eigenvalue weighted by Crippen LogP contribution is -2.49. The molecule has 0 saturated carbocycles. The summed E-state index contributed by atoms with van der Waals surface area (Å²) < 4.78 is 5.48. The van der Waals surface area contributed by atoms with Gasteiger partial charge in [-0.05, 0) is 26.7 Å². The predicted molar refractivity (Wildman–Crippen MR) is 72.5 cm³/mol. The van der Waals surface area contributed by atoms with Gasteiger partial charge in [-0.15, -0.1) is 0 Å². The van der Waals surface area contributed by atoms with E-state index >= 15 is 0 Å². The molecule has 116 valence electrons. The molecule has 2 unspecified atom stereocenters. The molecule has 1 rings (SSSR count). The van der Waals surface area contributed by atoms with Crippen molar-refractivity contribution in [2.45, 2.75) is 44.8 Å². The normalized spacial score (nSPS) is 21.2. The maximum Gasteiger partial charge on any atom is 0.317 e. The Hall–Kier alpha value is -1.34. The molecular formula is C13H24N2O5. The molecule has 0 aromatic carbocycles. The number of carbonyl (C=O) groups excluding carboxylic acids is 1. The number of aliphatic hydroxyl groups is 1. The quantitative estimate of drug-likeness (QED) is 0.630. The monoisotopic (exact) mass is 288 g/mol. The highest BCUT2D eigenvalue weighted by Crippen LogP contribution is 2.13. The van der Waals surface area contributed by atoms with E-state index in [2.05, 4.69) is 5.32 Å². The number of hydrogen-bond donors (Lipinski definition) is 3. The molecule has 7 heteroatoms. The van der Waals surface area contributed by atoms with Crippen LogP contribution >= 0.6 is 0 Å². The lowest BCUT2D eigenvalue weighted by Gasteiger charge is -2.27. The van der Waals surface area contributed by atoms with Crippen LogP contribution in [-0.2, 0) is 9.53 Å². The zero-order valence-electron chi connectivity index (χ0n) is 12.1. The van der Waals surface area contributed by atoms with Crippen LogP contribution < -0.4 is 5.32 Å². The Balaban J connectivity index is 2.40. The number of aliphatic carboxylic acids is 1. The molecule has 2 amide bonds. The molecule has 1 aliphatic rings. The first-order valence-corrected chi connectivity index (χ1v) is 6.92. The number of carboxylic acid groups (broad SMARTS) is 1. The van der Waals surface area contributed by atoms with Crippen LogP contribution in [-0.4, -0.2) is 65.1 Å². The molecule has 0 aliphatic carbocycles. The largest absolute Gasteiger partial charge is 0.481 e. The second-order valence-corrected chi connectivity index (χ2v) is 5.40. The summed E-state index contributed by atoms with van der Waals surface area (Å²) in [4.78, 5) is 24.2. The first-order valence-electron chi connectivity index (χ1n) is 6.92. The Morgan fingerprint density at radius 3 is 2.70 bits per heavy atom. The van der Waals surface area contributed by atoms with E-state index in [-0.39, 0.29) is 18.7 Å². The summed E-state index contributed by atoms with van der Waals surface area (Å²) in [6.45, 7) is 4.94. The van der Waals surface area contributed by atoms with Gasteiger partial charge in [0.1, 0.15) is 0 Å². The molecule has 1 aliphatic heterocycles. The van der Waals surface area contributed by atoms with Crippen molar-refractivity contribution in [2.24, 2.45) is 0 Å². The number of carboxylic acids is 1. The fourth-order valence-corrected chi connectivity index (χ4v) is 2.16. The maximum absolute atomic E-state index is 12.0. The molecular weight excluding hydrogens is 264 g/mol. The molecule has 1 fully saturated rings. The number of urea groups is 1. The summed E-state index contributed by atoms with van der Waals surface area (Å²) in [7, 11) is 0. The van der Waals surface area contributed by atoms with Gasteiger partial charge in [0.2, 0.25) is 0 Å². The highest BCUT2D eigenvalue weighted by atomic mass is 16.5. The van der Waals surface area contributed by atoms with Crippen molar-refractivity contribution in [1.82, 2.24) is 10.2 Å². The lowest BCUT2D eigenvalue weighted by molar-refractivity contribution is -0.141. The van der Waals surface area contributed by atoms with E-state index in [4.69, 9.17) is 9.84 Å². The van der Waals surface area contributed by atoms with Gasteiger partial charge in [0, 0.05) is 26.2 Å². The fourth-order valence-electron chi connectivity index (χ4n) is 2.16. The SMILES string of the molecule is CCN(CC1CCCO1)C(=O)NCC(C)(O)CC(=O)O. The summed E-state index contributed by atoms with van der Waals surface area (Å²) in [6.07, 6.45) is 1.61. The van der Waals surface area contributed by atoms with Crippen LogP contribution in [0.15, 0.2) is 0 Å². The lowest BCUT2D eigenvalue weighted by atomic mass is 10.0. The minimum atomic E-state index is -1.45. The number of nitrogens with one attached hydrogen (secondary N) is 1. The minimum absolute atomic E-state index is 0.0697. The fraction of sp³-hybridized carbons (Fsp3) is 0.846. The van der Waals surface area contributed by atoms with E-state index in [9.17, 15) is 14.7 Å². The van der Waals surface area contributed by atoms with Gasteiger partial charge < -0.3 is 25.2 Å². The van der Waals surface area contributed by atoms with Crippen molar-refractivity contribution in [2.75, 3.05) is 26.2 Å². The van der Waals surface area contributed by atoms with Crippen molar-refractivity contribution in [3.05, 3.63) is 0 Å². The van der Waals surface area contributed by atoms with Crippen molar-refractivity contribution in [3.8, 4) is 0 Å². The van der Waals surface area contributed by atoms with Gasteiger partial charge in [-0.2, -0.15) is 0 Å². The summed E-state index contributed by atoms with van der Waals surface area (Å²) in [5.74, 6) is -1.10. The van der Waals surface area contributed by atoms with Crippen LogP contribution in [0.2, 0.25) is 0 Å². The van der Waals surface area contributed by atoms with Gasteiger partial charge in [0.15, 0.2) is 0 Å². The van der Waals surface area contributed by atoms with E-state index in [0.29, 0.717) is 13.1 Å². The minimum Gasteiger partial charge on any atom is -0.481 e. The number of likely N-dealkylation sites (N-methyl/N-ethyl adjacent to an activating group) is 1. The van der Waals surface area contributed by atoms with Crippen LogP contribution in [0, 0.1) is 0 Å². The summed E-state index contributed by atoms with van der Waals surface area (Å²) in [6, 6.07) is -0.311. The standard InChI is InChI=1S/C13H24N2O5/c1-3-15(8-10-5-4-6-20-10)12(18)14-9-13(2,19)7-11(16)17/h10,19H,3-9H2,1-2H3,(H,14,18)(H,16,17). The molecule has 3 N–H and O–H groups in total. The summed E-state index contributed by atoms with van der Waals surface area (Å²) in [5, 5.41) is 21.1. The van der Waals surface area contributed by atoms with Gasteiger partial charge >= 0.3 is 12.0 Å². The van der Waals surface area contributed by atoms with Crippen molar-refractivity contribution < 1.29 is 24.5 Å². The van der Waals surface area contributed by atoms with E-state index < -0.39 is 18.0 Å². The van der Waals surface area contributed by atoms with Crippen molar-refractivity contribution in [3.63, 3.8) is 0 Å². The molecule has 7 nitrogen and oxygen atoms in total. The van der Waals surface area contributed by atoms with E-state index in [0.717, 1.165) is 19.4 Å². The smallest absolute Gasteiger partial charge is 0.317 e.